The summed E-state index contributed by atoms with van der Waals surface area (Å²) >= 11 is 1.52. The highest BCUT2D eigenvalue weighted by molar-refractivity contribution is 7.10. The second kappa shape index (κ2) is 10.8. The van der Waals surface area contributed by atoms with E-state index in [0.29, 0.717) is 25.3 Å². The van der Waals surface area contributed by atoms with Crippen molar-refractivity contribution in [1.29, 1.82) is 0 Å². The SMILES string of the molecule is COc1ccc(CNc2csc([C@]34CO[C@@H](C)C[C@H]3COC(NC(=O)c3ccccc3)=N4)n2)c(OC)c1. The van der Waals surface area contributed by atoms with Gasteiger partial charge < -0.3 is 24.3 Å². The largest absolute Gasteiger partial charge is 0.497 e. The molecule has 2 N–H and O–H groups in total. The van der Waals surface area contributed by atoms with Crippen LogP contribution in [0.15, 0.2) is 58.9 Å². The van der Waals surface area contributed by atoms with Gasteiger partial charge in [0.25, 0.3) is 11.9 Å². The third-order valence-electron chi connectivity index (χ3n) is 6.69. The molecule has 37 heavy (non-hydrogen) atoms. The van der Waals surface area contributed by atoms with E-state index in [2.05, 4.69) is 17.6 Å². The normalized spacial score (nSPS) is 22.7. The highest BCUT2D eigenvalue weighted by atomic mass is 32.1. The summed E-state index contributed by atoms with van der Waals surface area (Å²) in [6.45, 7) is 3.38. The lowest BCUT2D eigenvalue weighted by atomic mass is 9.79. The first kappa shape index (κ1) is 25.0. The fraction of sp³-hybridized carbons (Fsp3) is 0.370. The van der Waals surface area contributed by atoms with Crippen molar-refractivity contribution in [1.82, 2.24) is 10.3 Å². The number of aliphatic imine (C=N–C) groups is 1. The lowest BCUT2D eigenvalue weighted by Gasteiger charge is -2.44. The van der Waals surface area contributed by atoms with E-state index >= 15 is 0 Å². The topological polar surface area (TPSA) is 103 Å². The number of carbonyl (C=O) groups excluding carboxylic acids is 1. The highest BCUT2D eigenvalue weighted by Crippen LogP contribution is 2.45. The van der Waals surface area contributed by atoms with Crippen molar-refractivity contribution in [3.8, 4) is 11.5 Å². The van der Waals surface area contributed by atoms with Crippen LogP contribution in [0.5, 0.6) is 11.5 Å². The Labute approximate surface area is 219 Å². The van der Waals surface area contributed by atoms with Crippen molar-refractivity contribution in [3.63, 3.8) is 0 Å². The number of benzene rings is 2. The van der Waals surface area contributed by atoms with Crippen LogP contribution in [0.25, 0.3) is 0 Å². The number of hydrogen-bond donors (Lipinski definition) is 2. The van der Waals surface area contributed by atoms with Crippen molar-refractivity contribution >= 4 is 29.1 Å². The van der Waals surface area contributed by atoms with E-state index in [1.807, 2.05) is 41.8 Å². The van der Waals surface area contributed by atoms with Gasteiger partial charge in [-0.2, -0.15) is 0 Å². The number of nitrogens with one attached hydrogen (secondary N) is 2. The number of hydrogen-bond acceptors (Lipinski definition) is 9. The Morgan fingerprint density at radius 1 is 1.19 bits per heavy atom. The lowest BCUT2D eigenvalue weighted by molar-refractivity contribution is -0.0739. The van der Waals surface area contributed by atoms with Gasteiger partial charge in [0.1, 0.15) is 27.9 Å². The molecule has 0 aliphatic carbocycles. The Kier molecular flexibility index (Phi) is 7.29. The zero-order chi connectivity index (χ0) is 25.8. The highest BCUT2D eigenvalue weighted by Gasteiger charge is 2.50. The second-order valence-corrected chi connectivity index (χ2v) is 9.95. The predicted octanol–water partition coefficient (Wildman–Crippen LogP) is 4.21. The number of amidine groups is 1. The number of carbonyl (C=O) groups is 1. The van der Waals surface area contributed by atoms with Gasteiger partial charge in [0.05, 0.1) is 33.5 Å². The fourth-order valence-electron chi connectivity index (χ4n) is 4.62. The molecule has 2 aromatic carbocycles. The summed E-state index contributed by atoms with van der Waals surface area (Å²) in [4.78, 5) is 22.5. The van der Waals surface area contributed by atoms with Gasteiger partial charge in [0.2, 0.25) is 0 Å². The van der Waals surface area contributed by atoms with Gasteiger partial charge in [-0.1, -0.05) is 18.2 Å². The third-order valence-corrected chi connectivity index (χ3v) is 7.70. The Morgan fingerprint density at radius 2 is 2.03 bits per heavy atom. The standard InChI is InChI=1S/C27H30N4O5S/c1-17-11-20-14-35-26(30-24(32)18-7-5-4-6-8-18)31-27(20,16-36-17)25-29-23(15-37-25)28-13-19-9-10-21(33-2)12-22(19)34-3/h4-10,12,15,17,20,28H,11,13-14,16H2,1-3H3,(H,30,31,32)/t17-,20-,27-/m0/s1. The number of methoxy groups -OCH3 is 2. The monoisotopic (exact) mass is 522 g/mol. The van der Waals surface area contributed by atoms with Gasteiger partial charge in [-0.15, -0.1) is 11.3 Å². The summed E-state index contributed by atoms with van der Waals surface area (Å²) < 4.78 is 22.8. The third kappa shape index (κ3) is 5.26. The molecule has 1 amide bonds. The van der Waals surface area contributed by atoms with E-state index in [0.717, 1.165) is 34.3 Å². The molecule has 2 aliphatic heterocycles. The van der Waals surface area contributed by atoms with Crippen molar-refractivity contribution in [2.24, 2.45) is 10.9 Å². The van der Waals surface area contributed by atoms with E-state index in [1.54, 1.807) is 26.4 Å². The van der Waals surface area contributed by atoms with E-state index in [9.17, 15) is 4.79 Å². The molecule has 1 saturated heterocycles. The van der Waals surface area contributed by atoms with Crippen molar-refractivity contribution < 1.29 is 23.7 Å². The molecule has 1 aromatic heterocycles. The van der Waals surface area contributed by atoms with Gasteiger partial charge in [0, 0.05) is 35.0 Å². The summed E-state index contributed by atoms with van der Waals surface area (Å²) in [6.07, 6.45) is 0.881. The summed E-state index contributed by atoms with van der Waals surface area (Å²) in [5, 5.41) is 9.00. The molecule has 3 aromatic rings. The predicted molar refractivity (Wildman–Crippen MR) is 141 cm³/mol. The molecule has 1 fully saturated rings. The Bertz CT molecular complexity index is 1280. The molecule has 0 bridgehead atoms. The van der Waals surface area contributed by atoms with E-state index in [1.165, 1.54) is 11.3 Å². The zero-order valence-electron chi connectivity index (χ0n) is 21.0. The summed E-state index contributed by atoms with van der Waals surface area (Å²) in [5.41, 5.74) is 0.791. The Morgan fingerprint density at radius 3 is 2.81 bits per heavy atom. The van der Waals surface area contributed by atoms with Gasteiger partial charge in [-0.3, -0.25) is 10.1 Å². The summed E-state index contributed by atoms with van der Waals surface area (Å²) in [7, 11) is 3.27. The van der Waals surface area contributed by atoms with E-state index in [4.69, 9.17) is 28.9 Å². The van der Waals surface area contributed by atoms with E-state index < -0.39 is 5.54 Å². The zero-order valence-corrected chi connectivity index (χ0v) is 21.8. The van der Waals surface area contributed by atoms with Crippen molar-refractivity contribution in [3.05, 3.63) is 70.0 Å². The molecular weight excluding hydrogens is 492 g/mol. The minimum Gasteiger partial charge on any atom is -0.497 e. The smallest absolute Gasteiger partial charge is 0.292 e. The number of thiazole rings is 1. The van der Waals surface area contributed by atoms with Crippen LogP contribution in [-0.2, 0) is 21.6 Å². The van der Waals surface area contributed by atoms with Crippen LogP contribution in [-0.4, -0.2) is 50.5 Å². The second-order valence-electron chi connectivity index (χ2n) is 9.10. The molecule has 0 spiro atoms. The quantitative estimate of drug-likeness (QED) is 0.479. The summed E-state index contributed by atoms with van der Waals surface area (Å²) in [6, 6.07) is 14.9. The number of ether oxygens (including phenoxy) is 4. The van der Waals surface area contributed by atoms with Gasteiger partial charge >= 0.3 is 0 Å². The first-order valence-corrected chi connectivity index (χ1v) is 13.0. The molecule has 9 nitrogen and oxygen atoms in total. The number of rotatable bonds is 7. The van der Waals surface area contributed by atoms with Crippen molar-refractivity contribution in [2.45, 2.75) is 31.5 Å². The number of aromatic nitrogens is 1. The average Bonchev–Trinajstić information content (AvgIpc) is 3.42. The molecular formula is C27H30N4O5S. The molecule has 10 heteroatoms. The average molecular weight is 523 g/mol. The molecule has 0 saturated carbocycles. The number of amides is 1. The Hall–Kier alpha value is -3.63. The van der Waals surface area contributed by atoms with Crippen LogP contribution in [0.4, 0.5) is 5.82 Å². The first-order chi connectivity index (χ1) is 18.0. The van der Waals surface area contributed by atoms with Gasteiger partial charge in [0.15, 0.2) is 0 Å². The number of anilines is 1. The molecule has 0 radical (unpaired) electrons. The first-order valence-electron chi connectivity index (χ1n) is 12.1. The van der Waals surface area contributed by atoms with Crippen LogP contribution in [0.2, 0.25) is 0 Å². The van der Waals surface area contributed by atoms with Gasteiger partial charge in [-0.05, 0) is 37.6 Å². The van der Waals surface area contributed by atoms with Crippen LogP contribution >= 0.6 is 11.3 Å². The fourth-order valence-corrected chi connectivity index (χ4v) is 5.60. The number of fused-ring (bicyclic) bond motifs is 1. The minimum atomic E-state index is -0.730. The minimum absolute atomic E-state index is 0.0781. The molecule has 3 atom stereocenters. The molecule has 0 unspecified atom stereocenters. The molecule has 2 aliphatic rings. The maximum atomic E-state index is 12.7. The van der Waals surface area contributed by atoms with Crippen LogP contribution in [0.1, 0.15) is 34.3 Å². The van der Waals surface area contributed by atoms with Crippen LogP contribution < -0.4 is 20.1 Å². The molecule has 194 valence electrons. The Balaban J connectivity index is 1.37. The number of nitrogens with zero attached hydrogens (tertiary/aromatic N) is 2. The lowest BCUT2D eigenvalue weighted by Crippen LogP contribution is -2.52. The summed E-state index contributed by atoms with van der Waals surface area (Å²) in [5.74, 6) is 2.02. The maximum absolute atomic E-state index is 12.7. The van der Waals surface area contributed by atoms with Crippen LogP contribution in [0, 0.1) is 5.92 Å². The van der Waals surface area contributed by atoms with Gasteiger partial charge in [-0.25, -0.2) is 9.98 Å². The maximum Gasteiger partial charge on any atom is 0.292 e. The van der Waals surface area contributed by atoms with Crippen LogP contribution in [0.3, 0.4) is 0 Å². The molecule has 3 heterocycles. The molecule has 5 rings (SSSR count). The van der Waals surface area contributed by atoms with Crippen molar-refractivity contribution in [2.75, 3.05) is 32.8 Å². The van der Waals surface area contributed by atoms with E-state index in [-0.39, 0.29) is 24.0 Å².